The molecular weight excluding hydrogens is 192 g/mol. The fourth-order valence-electron chi connectivity index (χ4n) is 2.44. The van der Waals surface area contributed by atoms with Crippen LogP contribution >= 0.6 is 0 Å². The molecule has 0 spiro atoms. The maximum Gasteiger partial charge on any atom is 0.239 e. The van der Waals surface area contributed by atoms with Crippen molar-refractivity contribution in [3.8, 4) is 0 Å². The van der Waals surface area contributed by atoms with Crippen LogP contribution in [0.2, 0.25) is 0 Å². The maximum atomic E-state index is 12.1. The van der Waals surface area contributed by atoms with Crippen LogP contribution in [-0.4, -0.2) is 47.7 Å². The van der Waals surface area contributed by atoms with Crippen molar-refractivity contribution in [2.24, 2.45) is 0 Å². The fraction of sp³-hybridized carbons (Fsp3) is 0.909. The van der Waals surface area contributed by atoms with Gasteiger partial charge in [0.1, 0.15) is 0 Å². The maximum absolute atomic E-state index is 12.1. The topological polar surface area (TPSA) is 52.6 Å². The van der Waals surface area contributed by atoms with Crippen molar-refractivity contribution in [2.75, 3.05) is 19.6 Å². The molecule has 2 N–H and O–H groups in total. The van der Waals surface area contributed by atoms with Crippen molar-refractivity contribution in [1.82, 2.24) is 10.2 Å². The smallest absolute Gasteiger partial charge is 0.239 e. The Morgan fingerprint density at radius 2 is 2.13 bits per heavy atom. The van der Waals surface area contributed by atoms with E-state index in [1.807, 2.05) is 4.90 Å². The van der Waals surface area contributed by atoms with Crippen LogP contribution in [0.25, 0.3) is 0 Å². The molecule has 4 heteroatoms. The van der Waals surface area contributed by atoms with E-state index in [1.54, 1.807) is 0 Å². The quantitative estimate of drug-likeness (QED) is 0.649. The first kappa shape index (κ1) is 10.9. The van der Waals surface area contributed by atoms with Crippen LogP contribution < -0.4 is 5.32 Å². The second kappa shape index (κ2) is 4.94. The zero-order chi connectivity index (χ0) is 10.7. The summed E-state index contributed by atoms with van der Waals surface area (Å²) < 4.78 is 0. The number of amides is 1. The van der Waals surface area contributed by atoms with Gasteiger partial charge < -0.3 is 15.3 Å². The van der Waals surface area contributed by atoms with Gasteiger partial charge in [0.2, 0.25) is 5.91 Å². The van der Waals surface area contributed by atoms with Crippen LogP contribution in [0.4, 0.5) is 0 Å². The zero-order valence-corrected chi connectivity index (χ0v) is 9.11. The molecule has 4 nitrogen and oxygen atoms in total. The minimum Gasteiger partial charge on any atom is -0.391 e. The van der Waals surface area contributed by atoms with Gasteiger partial charge in [0.05, 0.1) is 12.1 Å². The third kappa shape index (κ3) is 2.69. The summed E-state index contributed by atoms with van der Waals surface area (Å²) in [6.45, 7) is 2.29. The summed E-state index contributed by atoms with van der Waals surface area (Å²) in [7, 11) is 0. The molecule has 0 aromatic heterocycles. The van der Waals surface area contributed by atoms with Crippen molar-refractivity contribution in [3.05, 3.63) is 0 Å². The lowest BCUT2D eigenvalue weighted by Crippen LogP contribution is -2.52. The van der Waals surface area contributed by atoms with Gasteiger partial charge >= 0.3 is 0 Å². The number of nitrogens with one attached hydrogen (secondary N) is 1. The van der Waals surface area contributed by atoms with E-state index in [2.05, 4.69) is 5.32 Å². The lowest BCUT2D eigenvalue weighted by atomic mass is 10.0. The highest BCUT2D eigenvalue weighted by molar-refractivity contribution is 5.82. The average molecular weight is 212 g/mol. The average Bonchev–Trinajstić information content (AvgIpc) is 2.29. The van der Waals surface area contributed by atoms with E-state index in [-0.39, 0.29) is 18.1 Å². The highest BCUT2D eigenvalue weighted by atomic mass is 16.3. The first-order chi connectivity index (χ1) is 7.27. The number of likely N-dealkylation sites (tertiary alicyclic amines) is 1. The summed E-state index contributed by atoms with van der Waals surface area (Å²) in [4.78, 5) is 13.9. The molecule has 15 heavy (non-hydrogen) atoms. The van der Waals surface area contributed by atoms with Gasteiger partial charge in [-0.15, -0.1) is 0 Å². The van der Waals surface area contributed by atoms with Crippen molar-refractivity contribution in [1.29, 1.82) is 0 Å². The predicted molar refractivity (Wildman–Crippen MR) is 57.5 cm³/mol. The fourth-order valence-corrected chi connectivity index (χ4v) is 2.44. The van der Waals surface area contributed by atoms with Crippen molar-refractivity contribution >= 4 is 5.91 Å². The number of nitrogens with zero attached hydrogens (tertiary/aromatic N) is 1. The zero-order valence-electron chi connectivity index (χ0n) is 9.11. The molecule has 2 rings (SSSR count). The SMILES string of the molecule is O=C([C@H]1CCCCN1)N1CCCC(O)C1. The third-order valence-electron chi connectivity index (χ3n) is 3.32. The second-order valence-corrected chi connectivity index (χ2v) is 4.58. The predicted octanol–water partition coefficient (Wildman–Crippen LogP) is 0.112. The van der Waals surface area contributed by atoms with Gasteiger partial charge in [-0.05, 0) is 32.2 Å². The number of piperidine rings is 2. The molecule has 1 unspecified atom stereocenters. The van der Waals surface area contributed by atoms with E-state index in [0.717, 1.165) is 38.8 Å². The molecule has 2 atom stereocenters. The number of β-amino-alcohol motifs (C(OH)–C–C–N with tert-alkyl or cyclic N) is 1. The minimum atomic E-state index is -0.314. The number of hydrogen-bond donors (Lipinski definition) is 2. The molecule has 1 amide bonds. The van der Waals surface area contributed by atoms with Gasteiger partial charge in [-0.1, -0.05) is 6.42 Å². The van der Waals surface area contributed by atoms with Gasteiger partial charge in [0.15, 0.2) is 0 Å². The lowest BCUT2D eigenvalue weighted by molar-refractivity contribution is -0.137. The summed E-state index contributed by atoms with van der Waals surface area (Å²) in [5.74, 6) is 0.188. The molecule has 2 heterocycles. The van der Waals surface area contributed by atoms with E-state index in [0.29, 0.717) is 6.54 Å². The Morgan fingerprint density at radius 3 is 2.80 bits per heavy atom. The van der Waals surface area contributed by atoms with Gasteiger partial charge in [-0.2, -0.15) is 0 Å². The van der Waals surface area contributed by atoms with E-state index in [9.17, 15) is 9.90 Å². The Balaban J connectivity index is 1.88. The number of aliphatic hydroxyl groups is 1. The Bertz CT molecular complexity index is 227. The Hall–Kier alpha value is -0.610. The lowest BCUT2D eigenvalue weighted by Gasteiger charge is -2.34. The number of carbonyl (C=O) groups excluding carboxylic acids is 1. The van der Waals surface area contributed by atoms with Crippen LogP contribution in [0.1, 0.15) is 32.1 Å². The van der Waals surface area contributed by atoms with Crippen LogP contribution in [0.5, 0.6) is 0 Å². The molecule has 2 aliphatic heterocycles. The second-order valence-electron chi connectivity index (χ2n) is 4.58. The summed E-state index contributed by atoms with van der Waals surface area (Å²) >= 11 is 0. The van der Waals surface area contributed by atoms with E-state index < -0.39 is 0 Å². The molecule has 0 saturated carbocycles. The molecular formula is C11H20N2O2. The molecule has 0 bridgehead atoms. The normalized spacial score (nSPS) is 32.7. The minimum absolute atomic E-state index is 0.00375. The van der Waals surface area contributed by atoms with Gasteiger partial charge in [0.25, 0.3) is 0 Å². The summed E-state index contributed by atoms with van der Waals surface area (Å²) in [5, 5.41) is 12.8. The standard InChI is InChI=1S/C11H20N2O2/c14-9-4-3-7-13(8-9)11(15)10-5-1-2-6-12-10/h9-10,12,14H,1-8H2/t9?,10-/m1/s1. The molecule has 2 fully saturated rings. The van der Waals surface area contributed by atoms with Gasteiger partial charge in [-0.3, -0.25) is 4.79 Å². The van der Waals surface area contributed by atoms with E-state index >= 15 is 0 Å². The van der Waals surface area contributed by atoms with Crippen molar-refractivity contribution in [3.63, 3.8) is 0 Å². The van der Waals surface area contributed by atoms with E-state index in [1.165, 1.54) is 6.42 Å². The van der Waals surface area contributed by atoms with Crippen LogP contribution in [-0.2, 0) is 4.79 Å². The summed E-state index contributed by atoms with van der Waals surface area (Å²) in [6, 6.07) is 0.00375. The van der Waals surface area contributed by atoms with Crippen LogP contribution in [0, 0.1) is 0 Å². The third-order valence-corrected chi connectivity index (χ3v) is 3.32. The molecule has 2 saturated heterocycles. The van der Waals surface area contributed by atoms with Crippen LogP contribution in [0.15, 0.2) is 0 Å². The molecule has 2 aliphatic rings. The molecule has 0 radical (unpaired) electrons. The van der Waals surface area contributed by atoms with Gasteiger partial charge in [-0.25, -0.2) is 0 Å². The molecule has 0 aliphatic carbocycles. The largest absolute Gasteiger partial charge is 0.391 e. The highest BCUT2D eigenvalue weighted by Crippen LogP contribution is 2.14. The molecule has 0 aromatic rings. The van der Waals surface area contributed by atoms with Crippen LogP contribution in [0.3, 0.4) is 0 Å². The molecule has 0 aromatic carbocycles. The van der Waals surface area contributed by atoms with Gasteiger partial charge in [0, 0.05) is 13.1 Å². The number of carbonyl (C=O) groups is 1. The summed E-state index contributed by atoms with van der Waals surface area (Å²) in [5.41, 5.74) is 0. The summed E-state index contributed by atoms with van der Waals surface area (Å²) in [6.07, 6.45) is 4.71. The van der Waals surface area contributed by atoms with Crippen molar-refractivity contribution in [2.45, 2.75) is 44.2 Å². The van der Waals surface area contributed by atoms with E-state index in [4.69, 9.17) is 0 Å². The number of hydrogen-bond acceptors (Lipinski definition) is 3. The molecule has 86 valence electrons. The monoisotopic (exact) mass is 212 g/mol. The Kier molecular flexibility index (Phi) is 3.59. The number of aliphatic hydroxyl groups excluding tert-OH is 1. The first-order valence-electron chi connectivity index (χ1n) is 5.97. The Labute approximate surface area is 90.6 Å². The number of rotatable bonds is 1. The van der Waals surface area contributed by atoms with Crippen molar-refractivity contribution < 1.29 is 9.90 Å². The highest BCUT2D eigenvalue weighted by Gasteiger charge is 2.28. The first-order valence-corrected chi connectivity index (χ1v) is 5.97. The Morgan fingerprint density at radius 1 is 1.27 bits per heavy atom.